The number of nitrogens with zero attached hydrogens (tertiary/aromatic N) is 2. The number of aromatic nitrogens is 2. The van der Waals surface area contributed by atoms with Gasteiger partial charge in [-0.05, 0) is 19.4 Å². The number of rotatable bonds is 4. The van der Waals surface area contributed by atoms with Crippen LogP contribution in [-0.2, 0) is 4.74 Å². The predicted octanol–water partition coefficient (Wildman–Crippen LogP) is 3.77. The highest BCUT2D eigenvalue weighted by atomic mass is 16.5. The van der Waals surface area contributed by atoms with Crippen LogP contribution in [0.4, 0.5) is 0 Å². The van der Waals surface area contributed by atoms with Gasteiger partial charge in [0.25, 0.3) is 5.71 Å². The van der Waals surface area contributed by atoms with Crippen molar-refractivity contribution in [1.82, 2.24) is 10.1 Å². The molecule has 0 bridgehead atoms. The smallest absolute Gasteiger partial charge is 0.339 e. The van der Waals surface area contributed by atoms with Crippen LogP contribution in [0.25, 0.3) is 22.4 Å². The topological polar surface area (TPSA) is 65.2 Å². The van der Waals surface area contributed by atoms with Gasteiger partial charge in [0.05, 0.1) is 28.9 Å². The van der Waals surface area contributed by atoms with Crippen LogP contribution in [0.15, 0.2) is 40.9 Å². The maximum atomic E-state index is 12.3. The van der Waals surface area contributed by atoms with Crippen molar-refractivity contribution in [3.8, 4) is 11.3 Å². The van der Waals surface area contributed by atoms with Crippen LogP contribution in [0.2, 0.25) is 0 Å². The van der Waals surface area contributed by atoms with Gasteiger partial charge in [-0.25, -0.2) is 9.78 Å². The van der Waals surface area contributed by atoms with Crippen LogP contribution >= 0.6 is 0 Å². The summed E-state index contributed by atoms with van der Waals surface area (Å²) in [5, 5.41) is 4.52. The van der Waals surface area contributed by atoms with E-state index in [-0.39, 0.29) is 5.97 Å². The van der Waals surface area contributed by atoms with Crippen molar-refractivity contribution in [2.45, 2.75) is 20.3 Å². The number of carbonyl (C=O) groups is 1. The Morgan fingerprint density at radius 3 is 2.77 bits per heavy atom. The Hall–Kier alpha value is -2.69. The fraction of sp³-hybridized carbons (Fsp3) is 0.235. The molecule has 0 aliphatic carbocycles. The number of aryl methyl sites for hydroxylation is 1. The summed E-state index contributed by atoms with van der Waals surface area (Å²) in [5.41, 5.74) is 2.99. The fourth-order valence-electron chi connectivity index (χ4n) is 2.29. The molecule has 0 aliphatic heterocycles. The standard InChI is InChI=1S/C17H16N2O3/c1-3-9-21-17(20)13-10-14(12-7-5-4-6-8-12)18-16-15(13)11(2)19-22-16/h4-8,10H,3,9H2,1-2H3. The van der Waals surface area contributed by atoms with Crippen molar-refractivity contribution in [1.29, 1.82) is 0 Å². The van der Waals surface area contributed by atoms with Crippen molar-refractivity contribution in [3.05, 3.63) is 47.7 Å². The molecule has 0 saturated heterocycles. The molecule has 0 radical (unpaired) electrons. The molecule has 0 aliphatic rings. The molecule has 0 atom stereocenters. The Bertz CT molecular complexity index is 809. The molecule has 112 valence electrons. The van der Waals surface area contributed by atoms with Crippen molar-refractivity contribution in [3.63, 3.8) is 0 Å². The number of hydrogen-bond donors (Lipinski definition) is 0. The number of hydrogen-bond acceptors (Lipinski definition) is 5. The predicted molar refractivity (Wildman–Crippen MR) is 82.6 cm³/mol. The van der Waals surface area contributed by atoms with E-state index < -0.39 is 0 Å². The molecule has 1 aromatic carbocycles. The van der Waals surface area contributed by atoms with E-state index in [1.807, 2.05) is 37.3 Å². The van der Waals surface area contributed by atoms with Gasteiger partial charge in [-0.2, -0.15) is 0 Å². The number of benzene rings is 1. The molecule has 0 unspecified atom stereocenters. The summed E-state index contributed by atoms with van der Waals surface area (Å²) in [6.45, 7) is 4.12. The largest absolute Gasteiger partial charge is 0.462 e. The molecule has 0 fully saturated rings. The number of carbonyl (C=O) groups excluding carboxylic acids is 1. The van der Waals surface area contributed by atoms with Gasteiger partial charge in [0, 0.05) is 5.56 Å². The molecule has 2 heterocycles. The Kier molecular flexibility index (Phi) is 3.87. The lowest BCUT2D eigenvalue weighted by Gasteiger charge is -2.07. The number of fused-ring (bicyclic) bond motifs is 1. The molecule has 0 amide bonds. The zero-order valence-corrected chi connectivity index (χ0v) is 12.5. The van der Waals surface area contributed by atoms with Gasteiger partial charge in [-0.3, -0.25) is 0 Å². The quantitative estimate of drug-likeness (QED) is 0.686. The first-order valence-corrected chi connectivity index (χ1v) is 7.20. The summed E-state index contributed by atoms with van der Waals surface area (Å²) in [7, 11) is 0. The van der Waals surface area contributed by atoms with Gasteiger partial charge in [0.1, 0.15) is 0 Å². The highest BCUT2D eigenvalue weighted by molar-refractivity contribution is 6.04. The molecular formula is C17H16N2O3. The van der Waals surface area contributed by atoms with Crippen LogP contribution in [0, 0.1) is 6.92 Å². The minimum atomic E-state index is -0.377. The van der Waals surface area contributed by atoms with Gasteiger partial charge >= 0.3 is 5.97 Å². The van der Waals surface area contributed by atoms with E-state index in [1.165, 1.54) is 0 Å². The summed E-state index contributed by atoms with van der Waals surface area (Å²) in [6.07, 6.45) is 0.772. The lowest BCUT2D eigenvalue weighted by atomic mass is 10.1. The third-order valence-electron chi connectivity index (χ3n) is 3.34. The summed E-state index contributed by atoms with van der Waals surface area (Å²) < 4.78 is 10.5. The lowest BCUT2D eigenvalue weighted by Crippen LogP contribution is -2.07. The molecule has 3 aromatic rings. The average Bonchev–Trinajstić information content (AvgIpc) is 2.94. The first-order valence-electron chi connectivity index (χ1n) is 7.20. The SMILES string of the molecule is CCCOC(=O)c1cc(-c2ccccc2)nc2onc(C)c12. The maximum Gasteiger partial charge on any atom is 0.339 e. The van der Waals surface area contributed by atoms with Gasteiger partial charge < -0.3 is 9.26 Å². The van der Waals surface area contributed by atoms with Crippen LogP contribution in [0.3, 0.4) is 0 Å². The minimum Gasteiger partial charge on any atom is -0.462 e. The van der Waals surface area contributed by atoms with Crippen molar-refractivity contribution < 1.29 is 14.1 Å². The van der Waals surface area contributed by atoms with E-state index in [9.17, 15) is 4.79 Å². The molecule has 22 heavy (non-hydrogen) atoms. The minimum absolute atomic E-state index is 0.349. The third-order valence-corrected chi connectivity index (χ3v) is 3.34. The van der Waals surface area contributed by atoms with Gasteiger partial charge in [0.15, 0.2) is 0 Å². The number of ether oxygens (including phenoxy) is 1. The second kappa shape index (κ2) is 5.97. The first-order chi connectivity index (χ1) is 10.7. The first kappa shape index (κ1) is 14.3. The summed E-state index contributed by atoms with van der Waals surface area (Å²) >= 11 is 0. The molecule has 0 spiro atoms. The fourth-order valence-corrected chi connectivity index (χ4v) is 2.29. The molecule has 0 N–H and O–H groups in total. The van der Waals surface area contributed by atoms with E-state index in [0.29, 0.717) is 34.7 Å². The molecule has 2 aromatic heterocycles. The van der Waals surface area contributed by atoms with Crippen LogP contribution in [0.1, 0.15) is 29.4 Å². The Morgan fingerprint density at radius 1 is 1.27 bits per heavy atom. The Morgan fingerprint density at radius 2 is 2.05 bits per heavy atom. The number of esters is 1. The zero-order valence-electron chi connectivity index (χ0n) is 12.5. The summed E-state index contributed by atoms with van der Waals surface area (Å²) in [5.74, 6) is -0.377. The van der Waals surface area contributed by atoms with E-state index >= 15 is 0 Å². The third kappa shape index (κ3) is 2.57. The average molecular weight is 296 g/mol. The molecule has 5 heteroatoms. The Labute approximate surface area is 127 Å². The van der Waals surface area contributed by atoms with Gasteiger partial charge in [-0.1, -0.05) is 42.4 Å². The highest BCUT2D eigenvalue weighted by Gasteiger charge is 2.20. The van der Waals surface area contributed by atoms with Crippen molar-refractivity contribution >= 4 is 17.1 Å². The molecular weight excluding hydrogens is 280 g/mol. The van der Waals surface area contributed by atoms with Crippen LogP contribution in [-0.4, -0.2) is 22.7 Å². The lowest BCUT2D eigenvalue weighted by molar-refractivity contribution is 0.0507. The highest BCUT2D eigenvalue weighted by Crippen LogP contribution is 2.27. The van der Waals surface area contributed by atoms with E-state index in [4.69, 9.17) is 9.26 Å². The molecule has 5 nitrogen and oxygen atoms in total. The van der Waals surface area contributed by atoms with Crippen LogP contribution < -0.4 is 0 Å². The van der Waals surface area contributed by atoms with Gasteiger partial charge in [0.2, 0.25) is 0 Å². The maximum absolute atomic E-state index is 12.3. The van der Waals surface area contributed by atoms with Gasteiger partial charge in [-0.15, -0.1) is 0 Å². The summed E-state index contributed by atoms with van der Waals surface area (Å²) in [4.78, 5) is 16.8. The number of pyridine rings is 1. The zero-order chi connectivity index (χ0) is 15.5. The van der Waals surface area contributed by atoms with Crippen molar-refractivity contribution in [2.24, 2.45) is 0 Å². The van der Waals surface area contributed by atoms with E-state index in [2.05, 4.69) is 10.1 Å². The Balaban J connectivity index is 2.15. The van der Waals surface area contributed by atoms with E-state index in [0.717, 1.165) is 12.0 Å². The van der Waals surface area contributed by atoms with Crippen LogP contribution in [0.5, 0.6) is 0 Å². The second-order valence-corrected chi connectivity index (χ2v) is 5.01. The summed E-state index contributed by atoms with van der Waals surface area (Å²) in [6, 6.07) is 11.4. The molecule has 3 rings (SSSR count). The monoisotopic (exact) mass is 296 g/mol. The normalized spacial score (nSPS) is 10.8. The molecule has 0 saturated carbocycles. The van der Waals surface area contributed by atoms with E-state index in [1.54, 1.807) is 13.0 Å². The second-order valence-electron chi connectivity index (χ2n) is 5.01. The van der Waals surface area contributed by atoms with Crippen molar-refractivity contribution in [2.75, 3.05) is 6.61 Å².